The predicted molar refractivity (Wildman–Crippen MR) is 210 cm³/mol. The summed E-state index contributed by atoms with van der Waals surface area (Å²) in [5.41, 5.74) is 0.272. The van der Waals surface area contributed by atoms with Crippen LogP contribution in [0.1, 0.15) is 64.2 Å². The number of para-hydroxylation sites is 2. The van der Waals surface area contributed by atoms with E-state index in [2.05, 4.69) is 15.4 Å². The molecule has 8 atom stereocenters. The lowest BCUT2D eigenvalue weighted by Crippen LogP contribution is -2.58. The number of thiophene rings is 1. The number of carbonyl (C=O) groups excluding carboxylic acids is 4. The third kappa shape index (κ3) is 7.90. The maximum atomic E-state index is 14.7. The van der Waals surface area contributed by atoms with Gasteiger partial charge in [-0.15, -0.1) is 11.3 Å². The normalized spacial score (nSPS) is 31.9. The predicted octanol–water partition coefficient (Wildman–Crippen LogP) is 3.57. The van der Waals surface area contributed by atoms with Crippen LogP contribution in [0.3, 0.4) is 0 Å². The summed E-state index contributed by atoms with van der Waals surface area (Å²) < 4.78 is 51.7. The maximum Gasteiger partial charge on any atom is 0.408 e. The van der Waals surface area contributed by atoms with Crippen molar-refractivity contribution in [3.05, 3.63) is 53.9 Å². The van der Waals surface area contributed by atoms with Gasteiger partial charge >= 0.3 is 6.09 Å². The van der Waals surface area contributed by atoms with Crippen molar-refractivity contribution in [2.45, 2.75) is 106 Å². The van der Waals surface area contributed by atoms with Gasteiger partial charge in [0.2, 0.25) is 27.7 Å². The molecule has 6 heterocycles. The van der Waals surface area contributed by atoms with Gasteiger partial charge in [-0.25, -0.2) is 23.2 Å². The van der Waals surface area contributed by atoms with E-state index in [1.54, 1.807) is 0 Å². The largest absolute Gasteiger partial charge is 0.471 e. The highest BCUT2D eigenvalue weighted by Crippen LogP contribution is 2.46. The fraction of sp³-hybridized carbons (Fsp3) is 0.550. The van der Waals surface area contributed by atoms with E-state index in [1.165, 1.54) is 16.2 Å². The number of rotatable bonds is 8. The molecule has 0 radical (unpaired) electrons. The highest BCUT2D eigenvalue weighted by molar-refractivity contribution is 7.91. The summed E-state index contributed by atoms with van der Waals surface area (Å²) >= 11 is 1.47. The van der Waals surface area contributed by atoms with Crippen molar-refractivity contribution in [3.8, 4) is 16.5 Å². The quantitative estimate of drug-likeness (QED) is 0.279. The van der Waals surface area contributed by atoms with Crippen LogP contribution in [-0.4, -0.2) is 108 Å². The third-order valence-electron chi connectivity index (χ3n) is 11.9. The molecule has 0 bridgehead atoms. The number of amides is 4. The zero-order valence-electron chi connectivity index (χ0n) is 31.7. The topological polar surface area (TPSA) is 204 Å². The molecule has 6 aliphatic rings. The second-order valence-corrected chi connectivity index (χ2v) is 18.9. The van der Waals surface area contributed by atoms with E-state index in [4.69, 9.17) is 28.9 Å². The first-order chi connectivity index (χ1) is 28.1. The molecule has 2 aromatic heterocycles. The number of alkyl carbamates (subject to hydrolysis) is 1. The van der Waals surface area contributed by atoms with Crippen LogP contribution in [0.5, 0.6) is 5.88 Å². The maximum absolute atomic E-state index is 14.7. The van der Waals surface area contributed by atoms with E-state index in [0.29, 0.717) is 55.4 Å². The number of ether oxygens (including phenoxy) is 4. The first kappa shape index (κ1) is 38.8. The zero-order chi connectivity index (χ0) is 40.0. The lowest BCUT2D eigenvalue weighted by Gasteiger charge is -2.30. The van der Waals surface area contributed by atoms with E-state index in [-0.39, 0.29) is 44.2 Å². The lowest BCUT2D eigenvalue weighted by atomic mass is 10.0. The molecule has 1 aromatic carbocycles. The van der Waals surface area contributed by atoms with Crippen LogP contribution in [0, 0.1) is 11.8 Å². The first-order valence-corrected chi connectivity index (χ1v) is 22.5. The van der Waals surface area contributed by atoms with Crippen molar-refractivity contribution < 1.29 is 46.5 Å². The molecule has 0 spiro atoms. The van der Waals surface area contributed by atoms with Gasteiger partial charge in [0.15, 0.2) is 6.29 Å². The molecule has 4 amide bonds. The minimum Gasteiger partial charge on any atom is -0.471 e. The number of aromatic nitrogens is 2. The molecule has 3 unspecified atom stereocenters. The highest BCUT2D eigenvalue weighted by Gasteiger charge is 2.62. The number of carbonyl (C=O) groups is 4. The fourth-order valence-corrected chi connectivity index (χ4v) is 10.6. The minimum atomic E-state index is -3.91. The number of fused-ring (bicyclic) bond motifs is 4. The molecule has 16 nitrogen and oxygen atoms in total. The Morgan fingerprint density at radius 3 is 2.62 bits per heavy atom. The lowest BCUT2D eigenvalue weighted by molar-refractivity contribution is -0.141. The summed E-state index contributed by atoms with van der Waals surface area (Å²) in [4.78, 5) is 68.5. The van der Waals surface area contributed by atoms with Crippen molar-refractivity contribution >= 4 is 56.2 Å². The Kier molecular flexibility index (Phi) is 10.6. The van der Waals surface area contributed by atoms with Crippen molar-refractivity contribution in [1.29, 1.82) is 0 Å². The molecular weight excluding hydrogens is 789 g/mol. The molecule has 3 N–H and O–H groups in total. The van der Waals surface area contributed by atoms with Crippen molar-refractivity contribution in [2.75, 3.05) is 19.8 Å². The van der Waals surface area contributed by atoms with E-state index in [0.717, 1.165) is 17.7 Å². The molecule has 18 heteroatoms. The van der Waals surface area contributed by atoms with Crippen molar-refractivity contribution in [2.24, 2.45) is 11.8 Å². The van der Waals surface area contributed by atoms with Gasteiger partial charge in [0, 0.05) is 12.3 Å². The third-order valence-corrected chi connectivity index (χ3v) is 14.6. The molecule has 3 aromatic rings. The summed E-state index contributed by atoms with van der Waals surface area (Å²) in [6.45, 7) is 0.652. The molecule has 2 saturated carbocycles. The number of hydrogen-bond acceptors (Lipinski definition) is 13. The van der Waals surface area contributed by atoms with Gasteiger partial charge in [0.05, 0.1) is 46.8 Å². The minimum absolute atomic E-state index is 0.0220. The van der Waals surface area contributed by atoms with Gasteiger partial charge in [-0.1, -0.05) is 43.2 Å². The number of sulfonamides is 1. The summed E-state index contributed by atoms with van der Waals surface area (Å²) in [5.74, 6) is -2.24. The highest BCUT2D eigenvalue weighted by atomic mass is 32.2. The number of nitrogens with one attached hydrogen (secondary N) is 3. The smallest absolute Gasteiger partial charge is 0.408 e. The Balaban J connectivity index is 1.01. The van der Waals surface area contributed by atoms with Crippen LogP contribution >= 0.6 is 11.3 Å². The summed E-state index contributed by atoms with van der Waals surface area (Å²) in [6.07, 6.45) is 6.29. The Hall–Kier alpha value is -4.65. The number of nitrogens with zero attached hydrogens (tertiary/aromatic N) is 3. The van der Waals surface area contributed by atoms with Gasteiger partial charge in [0.1, 0.15) is 35.5 Å². The number of hydrogen-bond donors (Lipinski definition) is 3. The van der Waals surface area contributed by atoms with Gasteiger partial charge in [0.25, 0.3) is 5.91 Å². The SMILES string of the molecule is O=C(N[C@H]1CCCCC/C=C\[C@@H]2C[C@@]2(C(=O)NS(=O)(=O)C2CC2)NC(=O)[C@@H]2C[C@@H](Oc3nc4ccccc4nc3-c3cccs3)CN2C1=O)OC1COC2OCCC12. The van der Waals surface area contributed by atoms with Crippen LogP contribution in [-0.2, 0) is 38.6 Å². The summed E-state index contributed by atoms with van der Waals surface area (Å²) in [7, 11) is -3.91. The molecule has 5 fully saturated rings. The van der Waals surface area contributed by atoms with Crippen LogP contribution in [0.4, 0.5) is 4.79 Å². The van der Waals surface area contributed by atoms with E-state index < -0.39 is 81.1 Å². The van der Waals surface area contributed by atoms with Crippen LogP contribution in [0.15, 0.2) is 53.9 Å². The molecule has 58 heavy (non-hydrogen) atoms. The van der Waals surface area contributed by atoms with Crippen LogP contribution in [0.2, 0.25) is 0 Å². The van der Waals surface area contributed by atoms with Crippen molar-refractivity contribution in [3.63, 3.8) is 0 Å². The molecule has 2 aliphatic carbocycles. The fourth-order valence-electron chi connectivity index (χ4n) is 8.51. The first-order valence-electron chi connectivity index (χ1n) is 20.1. The Morgan fingerprint density at radius 1 is 1.00 bits per heavy atom. The van der Waals surface area contributed by atoms with Gasteiger partial charge < -0.3 is 34.5 Å². The Morgan fingerprint density at radius 2 is 1.83 bits per heavy atom. The van der Waals surface area contributed by atoms with Gasteiger partial charge in [-0.05, 0) is 68.5 Å². The second kappa shape index (κ2) is 15.8. The van der Waals surface area contributed by atoms with E-state index in [9.17, 15) is 27.6 Å². The molecular formula is C40H46N6O10S2. The standard InChI is InChI=1S/C40H46N6O10S2/c47-34-30-19-24(55-35-33(32-13-8-18-57-32)41-27-10-6-7-11-28(27)42-35)21-46(30)36(48)29(43-39(50)56-31-22-54-37-26(31)16-17-53-37)12-5-3-1-2-4-9-23-20-40(23,44-34)38(49)45-58(51,52)25-14-15-25/h4,6-11,13,18,23-26,29-31,37H,1-3,5,12,14-17,19-22H2,(H,43,50)(H,44,47)(H,45,49)/b9-4-/t23-,24-,26?,29+,30+,31?,37?,40-/m1/s1. The molecule has 308 valence electrons. The molecule has 9 rings (SSSR count). The van der Waals surface area contributed by atoms with E-state index >= 15 is 0 Å². The Bertz CT molecular complexity index is 2220. The second-order valence-electron chi connectivity index (χ2n) is 16.0. The monoisotopic (exact) mass is 834 g/mol. The van der Waals surface area contributed by atoms with Crippen LogP contribution in [0.25, 0.3) is 21.6 Å². The summed E-state index contributed by atoms with van der Waals surface area (Å²) in [5, 5.41) is 6.99. The van der Waals surface area contributed by atoms with Gasteiger partial charge in [-0.3, -0.25) is 19.1 Å². The number of benzene rings is 1. The van der Waals surface area contributed by atoms with Crippen molar-refractivity contribution in [1.82, 2.24) is 30.2 Å². The van der Waals surface area contributed by atoms with E-state index in [1.807, 2.05) is 53.9 Å². The number of allylic oxidation sites excluding steroid dienone is 1. The average Bonchev–Trinajstić information content (AvgIpc) is 3.84. The Labute approximate surface area is 339 Å². The van der Waals surface area contributed by atoms with Crippen LogP contribution < -0.4 is 20.1 Å². The average molecular weight is 835 g/mol. The van der Waals surface area contributed by atoms with Gasteiger partial charge in [-0.2, -0.15) is 0 Å². The zero-order valence-corrected chi connectivity index (χ0v) is 33.4. The molecule has 3 saturated heterocycles. The molecule has 4 aliphatic heterocycles. The summed E-state index contributed by atoms with van der Waals surface area (Å²) in [6, 6.07) is 9.03.